The summed E-state index contributed by atoms with van der Waals surface area (Å²) < 4.78 is 10.6. The van der Waals surface area contributed by atoms with Crippen molar-refractivity contribution in [3.63, 3.8) is 0 Å². The predicted octanol–water partition coefficient (Wildman–Crippen LogP) is 4.02. The van der Waals surface area contributed by atoms with Crippen LogP contribution in [-0.2, 0) is 16.0 Å². The monoisotopic (exact) mass is 416 g/mol. The highest BCUT2D eigenvalue weighted by Crippen LogP contribution is 2.37. The Bertz CT molecular complexity index is 1170. The molecule has 0 atom stereocenters. The molecule has 0 saturated heterocycles. The lowest BCUT2D eigenvalue weighted by Gasteiger charge is -2.12. The normalized spacial score (nSPS) is 13.8. The van der Waals surface area contributed by atoms with Crippen LogP contribution in [0.15, 0.2) is 48.5 Å². The van der Waals surface area contributed by atoms with E-state index in [0.29, 0.717) is 18.5 Å². The molecule has 6 heteroatoms. The van der Waals surface area contributed by atoms with E-state index in [1.165, 1.54) is 0 Å². The first-order chi connectivity index (χ1) is 15.1. The molecule has 31 heavy (non-hydrogen) atoms. The largest absolute Gasteiger partial charge is 0.497 e. The second-order valence-electron chi connectivity index (χ2n) is 7.30. The lowest BCUT2D eigenvalue weighted by Crippen LogP contribution is -2.28. The Morgan fingerprint density at radius 1 is 1.10 bits per heavy atom. The van der Waals surface area contributed by atoms with Gasteiger partial charge >= 0.3 is 5.97 Å². The maximum absolute atomic E-state index is 13.0. The number of benzene rings is 2. The predicted molar refractivity (Wildman–Crippen MR) is 120 cm³/mol. The molecule has 1 aromatic heterocycles. The van der Waals surface area contributed by atoms with Crippen molar-refractivity contribution < 1.29 is 19.1 Å². The molecule has 4 rings (SSSR count). The molecule has 1 aliphatic rings. The van der Waals surface area contributed by atoms with Gasteiger partial charge in [0.2, 0.25) is 0 Å². The van der Waals surface area contributed by atoms with Crippen molar-refractivity contribution in [2.24, 2.45) is 0 Å². The lowest BCUT2D eigenvalue weighted by atomic mass is 10.0. The van der Waals surface area contributed by atoms with Crippen molar-refractivity contribution in [1.82, 2.24) is 10.3 Å². The van der Waals surface area contributed by atoms with Crippen LogP contribution >= 0.6 is 0 Å². The Morgan fingerprint density at radius 3 is 2.61 bits per heavy atom. The van der Waals surface area contributed by atoms with E-state index in [-0.39, 0.29) is 12.5 Å². The van der Waals surface area contributed by atoms with Crippen LogP contribution in [0.4, 0.5) is 0 Å². The highest BCUT2D eigenvalue weighted by Gasteiger charge is 2.27. The van der Waals surface area contributed by atoms with Gasteiger partial charge in [-0.15, -0.1) is 0 Å². The number of amides is 1. The highest BCUT2D eigenvalue weighted by molar-refractivity contribution is 6.07. The molecule has 1 amide bonds. The molecule has 1 N–H and O–H groups in total. The maximum Gasteiger partial charge on any atom is 0.339 e. The van der Waals surface area contributed by atoms with E-state index in [0.717, 1.165) is 45.5 Å². The molecule has 1 heterocycles. The Labute approximate surface area is 180 Å². The number of fused-ring (bicyclic) bond motifs is 2. The molecular formula is C25H24N2O4. The fraction of sp³-hybridized carbons (Fsp3) is 0.240. The zero-order chi connectivity index (χ0) is 21.8. The van der Waals surface area contributed by atoms with Crippen molar-refractivity contribution in [1.29, 1.82) is 0 Å². The van der Waals surface area contributed by atoms with Crippen LogP contribution < -0.4 is 10.1 Å². The SMILES string of the molecule is CCNC(=O)COC(=O)c1c2c(nc3ccccc13)C(=Cc1ccc(OC)cc1)CC2. The minimum absolute atomic E-state index is 0.299. The molecule has 1 aliphatic carbocycles. The first-order valence-corrected chi connectivity index (χ1v) is 10.3. The van der Waals surface area contributed by atoms with Crippen molar-refractivity contribution in [3.05, 3.63) is 70.9 Å². The standard InChI is InChI=1S/C25H24N2O4/c1-3-26-22(28)15-31-25(29)23-19-6-4-5-7-21(19)27-24-17(10-13-20(23)24)14-16-8-11-18(30-2)12-9-16/h4-9,11-12,14H,3,10,13,15H2,1-2H3,(H,26,28). The Kier molecular flexibility index (Phi) is 5.98. The molecule has 2 aromatic carbocycles. The number of likely N-dealkylation sites (N-methyl/N-ethyl adjacent to an activating group) is 1. The van der Waals surface area contributed by atoms with E-state index in [9.17, 15) is 9.59 Å². The van der Waals surface area contributed by atoms with Gasteiger partial charge in [0.15, 0.2) is 6.61 Å². The van der Waals surface area contributed by atoms with E-state index >= 15 is 0 Å². The molecule has 3 aromatic rings. The van der Waals surface area contributed by atoms with E-state index in [4.69, 9.17) is 14.5 Å². The Morgan fingerprint density at radius 2 is 1.87 bits per heavy atom. The van der Waals surface area contributed by atoms with Crippen LogP contribution in [0.25, 0.3) is 22.6 Å². The smallest absolute Gasteiger partial charge is 0.339 e. The minimum atomic E-state index is -0.494. The van der Waals surface area contributed by atoms with Crippen LogP contribution in [-0.4, -0.2) is 37.1 Å². The minimum Gasteiger partial charge on any atom is -0.497 e. The second-order valence-corrected chi connectivity index (χ2v) is 7.30. The Hall–Kier alpha value is -3.67. The highest BCUT2D eigenvalue weighted by atomic mass is 16.5. The first kappa shape index (κ1) is 20.6. The van der Waals surface area contributed by atoms with Gasteiger partial charge in [0.25, 0.3) is 5.91 Å². The van der Waals surface area contributed by atoms with Gasteiger partial charge in [-0.3, -0.25) is 4.79 Å². The molecule has 0 saturated carbocycles. The van der Waals surface area contributed by atoms with E-state index in [1.54, 1.807) is 7.11 Å². The lowest BCUT2D eigenvalue weighted by molar-refractivity contribution is -0.124. The average Bonchev–Trinajstić information content (AvgIpc) is 3.18. The number of nitrogens with zero attached hydrogens (tertiary/aromatic N) is 1. The van der Waals surface area contributed by atoms with Gasteiger partial charge in [-0.25, -0.2) is 9.78 Å². The van der Waals surface area contributed by atoms with Crippen LogP contribution in [0.3, 0.4) is 0 Å². The number of para-hydroxylation sites is 1. The van der Waals surface area contributed by atoms with Gasteiger partial charge < -0.3 is 14.8 Å². The molecule has 0 bridgehead atoms. The molecule has 0 spiro atoms. The third kappa shape index (κ3) is 4.28. The third-order valence-electron chi connectivity index (χ3n) is 5.31. The van der Waals surface area contributed by atoms with E-state index < -0.39 is 5.97 Å². The summed E-state index contributed by atoms with van der Waals surface area (Å²) in [7, 11) is 1.64. The first-order valence-electron chi connectivity index (χ1n) is 10.3. The van der Waals surface area contributed by atoms with Crippen LogP contribution in [0.5, 0.6) is 5.75 Å². The number of aromatic nitrogens is 1. The fourth-order valence-corrected chi connectivity index (χ4v) is 3.86. The molecule has 0 fully saturated rings. The number of methoxy groups -OCH3 is 1. The molecule has 158 valence electrons. The van der Waals surface area contributed by atoms with Crippen LogP contribution in [0.2, 0.25) is 0 Å². The number of rotatable bonds is 6. The zero-order valence-electron chi connectivity index (χ0n) is 17.6. The number of hydrogen-bond donors (Lipinski definition) is 1. The van der Waals surface area contributed by atoms with Crippen molar-refractivity contribution >= 4 is 34.4 Å². The summed E-state index contributed by atoms with van der Waals surface area (Å²) in [6, 6.07) is 15.3. The summed E-state index contributed by atoms with van der Waals surface area (Å²) in [5.74, 6) is -0.00650. The number of ether oxygens (including phenoxy) is 2. The van der Waals surface area contributed by atoms with Gasteiger partial charge in [-0.2, -0.15) is 0 Å². The topological polar surface area (TPSA) is 77.5 Å². The molecule has 0 aliphatic heterocycles. The number of nitrogens with one attached hydrogen (secondary N) is 1. The quantitative estimate of drug-likeness (QED) is 0.614. The number of pyridine rings is 1. The molecular weight excluding hydrogens is 392 g/mol. The summed E-state index contributed by atoms with van der Waals surface area (Å²) in [4.78, 5) is 29.6. The van der Waals surface area contributed by atoms with Crippen LogP contribution in [0.1, 0.15) is 40.5 Å². The number of esters is 1. The molecule has 0 unspecified atom stereocenters. The second kappa shape index (κ2) is 9.00. The fourth-order valence-electron chi connectivity index (χ4n) is 3.86. The van der Waals surface area contributed by atoms with Crippen molar-refractivity contribution in [2.45, 2.75) is 19.8 Å². The van der Waals surface area contributed by atoms with E-state index in [1.807, 2.05) is 55.5 Å². The Balaban J connectivity index is 1.73. The third-order valence-corrected chi connectivity index (χ3v) is 5.31. The average molecular weight is 416 g/mol. The van der Waals surface area contributed by atoms with Crippen molar-refractivity contribution in [3.8, 4) is 5.75 Å². The van der Waals surface area contributed by atoms with Crippen LogP contribution in [0, 0.1) is 0 Å². The van der Waals surface area contributed by atoms with Gasteiger partial charge in [-0.05, 0) is 60.7 Å². The summed E-state index contributed by atoms with van der Waals surface area (Å²) in [6.45, 7) is 2.01. The molecule has 0 radical (unpaired) electrons. The number of carbonyl (C=O) groups is 2. The maximum atomic E-state index is 13.0. The van der Waals surface area contributed by atoms with Gasteiger partial charge in [-0.1, -0.05) is 30.3 Å². The summed E-state index contributed by atoms with van der Waals surface area (Å²) in [5, 5.41) is 3.38. The van der Waals surface area contributed by atoms with E-state index in [2.05, 4.69) is 11.4 Å². The summed E-state index contributed by atoms with van der Waals surface area (Å²) >= 11 is 0. The summed E-state index contributed by atoms with van der Waals surface area (Å²) in [5.41, 5.74) is 5.04. The van der Waals surface area contributed by atoms with Crippen molar-refractivity contribution in [2.75, 3.05) is 20.3 Å². The number of hydrogen-bond acceptors (Lipinski definition) is 5. The van der Waals surface area contributed by atoms with Gasteiger partial charge in [0.05, 0.1) is 23.9 Å². The van der Waals surface area contributed by atoms with Gasteiger partial charge in [0.1, 0.15) is 5.75 Å². The number of allylic oxidation sites excluding steroid dienone is 1. The van der Waals surface area contributed by atoms with Gasteiger partial charge in [0, 0.05) is 11.9 Å². The summed E-state index contributed by atoms with van der Waals surface area (Å²) in [6.07, 6.45) is 3.57. The number of carbonyl (C=O) groups excluding carboxylic acids is 2. The molecule has 6 nitrogen and oxygen atoms in total. The zero-order valence-corrected chi connectivity index (χ0v) is 17.6.